The van der Waals surface area contributed by atoms with Crippen molar-refractivity contribution in [3.63, 3.8) is 0 Å². The van der Waals surface area contributed by atoms with Gasteiger partial charge in [-0.2, -0.15) is 9.13 Å². The second-order valence-corrected chi connectivity index (χ2v) is 10.6. The highest BCUT2D eigenvalue weighted by molar-refractivity contribution is 9.09. The molecule has 36 heavy (non-hydrogen) atoms. The summed E-state index contributed by atoms with van der Waals surface area (Å²) in [6.45, 7) is 0. The second-order valence-electron chi connectivity index (χ2n) is 8.49. The Hall–Kier alpha value is -2.84. The van der Waals surface area contributed by atoms with E-state index in [0.717, 1.165) is 48.4 Å². The molecule has 2 N–H and O–H groups in total. The van der Waals surface area contributed by atoms with E-state index in [4.69, 9.17) is 0 Å². The summed E-state index contributed by atoms with van der Waals surface area (Å²) in [5, 5.41) is 6.55. The van der Waals surface area contributed by atoms with Gasteiger partial charge in [0.25, 0.3) is 0 Å². The third-order valence-electron chi connectivity index (χ3n) is 5.75. The van der Waals surface area contributed by atoms with E-state index in [1.807, 2.05) is 49.1 Å². The van der Waals surface area contributed by atoms with Crippen molar-refractivity contribution in [2.24, 2.45) is 0 Å². The van der Waals surface area contributed by atoms with Gasteiger partial charge in [0, 0.05) is 48.5 Å². The lowest BCUT2D eigenvalue weighted by molar-refractivity contribution is -0.699. The van der Waals surface area contributed by atoms with E-state index >= 15 is 0 Å². The number of pyridine rings is 2. The van der Waals surface area contributed by atoms with Crippen LogP contribution >= 0.6 is 31.9 Å². The lowest BCUT2D eigenvalue weighted by Gasteiger charge is -2.09. The fraction of sp³-hybridized carbons (Fsp3) is 0.214. The Balaban J connectivity index is 1.18. The number of anilines is 4. The van der Waals surface area contributed by atoms with Crippen molar-refractivity contribution in [2.75, 3.05) is 10.6 Å². The van der Waals surface area contributed by atoms with Gasteiger partial charge < -0.3 is 10.6 Å². The number of alkyl halides is 2. The summed E-state index contributed by atoms with van der Waals surface area (Å²) >= 11 is 7.59. The molecule has 0 aliphatic carbocycles. The van der Waals surface area contributed by atoms with E-state index in [0.29, 0.717) is 0 Å². The Labute approximate surface area is 227 Å². The van der Waals surface area contributed by atoms with Gasteiger partial charge in [0.05, 0.1) is 11.4 Å². The minimum atomic E-state index is -0.243. The number of unbranched alkanes of at least 4 members (excludes halogenated alkanes) is 1. The van der Waals surface area contributed by atoms with Gasteiger partial charge in [0.2, 0.25) is 9.90 Å². The van der Waals surface area contributed by atoms with Crippen molar-refractivity contribution >= 4 is 54.6 Å². The largest absolute Gasteiger partial charge is 0.355 e. The first kappa shape index (κ1) is 26.2. The maximum Gasteiger partial charge on any atom is 0.211 e. The maximum absolute atomic E-state index is 13.1. The first-order valence-electron chi connectivity index (χ1n) is 11.8. The fourth-order valence-corrected chi connectivity index (χ4v) is 4.93. The lowest BCUT2D eigenvalue weighted by Crippen LogP contribution is -2.35. The summed E-state index contributed by atoms with van der Waals surface area (Å²) in [4.78, 5) is 0.436. The molecule has 0 saturated carbocycles. The molecule has 4 nitrogen and oxygen atoms in total. The van der Waals surface area contributed by atoms with Crippen LogP contribution in [0.5, 0.6) is 0 Å². The SMILES string of the molecule is Fc1ccc(Nc2cc[n+](C(Br)CCCCC(Br)[n+]3ccc(Nc4ccc(F)cc4)cc3)cc2)cc1. The molecule has 4 rings (SSSR count). The monoisotopic (exact) mass is 616 g/mol. The average Bonchev–Trinajstić information content (AvgIpc) is 2.90. The van der Waals surface area contributed by atoms with Crippen LogP contribution < -0.4 is 19.8 Å². The van der Waals surface area contributed by atoms with Gasteiger partial charge >= 0.3 is 0 Å². The van der Waals surface area contributed by atoms with Crippen molar-refractivity contribution in [3.8, 4) is 0 Å². The van der Waals surface area contributed by atoms with Crippen LogP contribution in [0.4, 0.5) is 31.5 Å². The average molecular weight is 618 g/mol. The van der Waals surface area contributed by atoms with E-state index in [-0.39, 0.29) is 21.5 Å². The van der Waals surface area contributed by atoms with E-state index in [9.17, 15) is 8.78 Å². The second kappa shape index (κ2) is 12.9. The highest BCUT2D eigenvalue weighted by Crippen LogP contribution is 2.22. The quantitative estimate of drug-likeness (QED) is 0.101. The molecule has 2 heterocycles. The number of rotatable bonds is 11. The molecule has 0 spiro atoms. The molecular formula is C28H28Br2F2N4+2. The molecule has 4 aromatic rings. The van der Waals surface area contributed by atoms with Crippen molar-refractivity contribution in [1.29, 1.82) is 0 Å². The molecule has 2 unspecified atom stereocenters. The van der Waals surface area contributed by atoms with E-state index in [1.165, 1.54) is 24.3 Å². The molecule has 8 heteroatoms. The van der Waals surface area contributed by atoms with Crippen LogP contribution in [-0.2, 0) is 0 Å². The number of hydrogen-bond acceptors (Lipinski definition) is 2. The standard InChI is InChI=1S/C28H26Br2F2N4/c29-27(35-17-13-25(14-18-35)33-23-9-5-21(31)6-10-23)3-1-2-4-28(30)36-19-15-26(16-20-36)34-24-11-7-22(32)8-12-24/h5-20,27-28H,1-4H2/p+2. The van der Waals surface area contributed by atoms with Gasteiger partial charge in [0.1, 0.15) is 11.6 Å². The normalized spacial score (nSPS) is 12.7. The summed E-state index contributed by atoms with van der Waals surface area (Å²) in [5.41, 5.74) is 3.61. The molecule has 2 atom stereocenters. The smallest absolute Gasteiger partial charge is 0.211 e. The van der Waals surface area contributed by atoms with Crippen LogP contribution in [0.1, 0.15) is 35.6 Å². The maximum atomic E-state index is 13.1. The number of hydrogen-bond donors (Lipinski definition) is 2. The summed E-state index contributed by atoms with van der Waals surface area (Å²) in [5.74, 6) is -0.487. The Morgan fingerprint density at radius 1 is 0.528 bits per heavy atom. The molecule has 0 saturated heterocycles. The van der Waals surface area contributed by atoms with E-state index in [1.54, 1.807) is 24.3 Å². The molecule has 186 valence electrons. The molecule has 0 radical (unpaired) electrons. The molecule has 0 bridgehead atoms. The topological polar surface area (TPSA) is 31.8 Å². The van der Waals surface area contributed by atoms with Crippen LogP contribution in [0.15, 0.2) is 97.6 Å². The van der Waals surface area contributed by atoms with Crippen molar-refractivity contribution < 1.29 is 17.9 Å². The third kappa shape index (κ3) is 7.83. The minimum absolute atomic E-state index is 0.218. The number of nitrogens with zero attached hydrogens (tertiary/aromatic N) is 2. The lowest BCUT2D eigenvalue weighted by atomic mass is 10.2. The van der Waals surface area contributed by atoms with Crippen LogP contribution in [0.3, 0.4) is 0 Å². The van der Waals surface area contributed by atoms with E-state index < -0.39 is 0 Å². The predicted octanol–water partition coefficient (Wildman–Crippen LogP) is 8.07. The van der Waals surface area contributed by atoms with E-state index in [2.05, 4.69) is 51.6 Å². The minimum Gasteiger partial charge on any atom is -0.355 e. The summed E-state index contributed by atoms with van der Waals surface area (Å²) in [6.07, 6.45) is 12.4. The number of halogens is 4. The summed E-state index contributed by atoms with van der Waals surface area (Å²) in [7, 11) is 0. The Bertz CT molecular complexity index is 1120. The molecule has 0 aliphatic heterocycles. The number of benzene rings is 2. The molecule has 0 amide bonds. The third-order valence-corrected chi connectivity index (χ3v) is 7.61. The first-order valence-corrected chi connectivity index (χ1v) is 13.6. The zero-order valence-electron chi connectivity index (χ0n) is 19.6. The van der Waals surface area contributed by atoms with Gasteiger partial charge in [-0.15, -0.1) is 0 Å². The molecule has 2 aromatic heterocycles. The highest BCUT2D eigenvalue weighted by atomic mass is 79.9. The zero-order chi connectivity index (χ0) is 25.3. The Kier molecular flexibility index (Phi) is 9.41. The van der Waals surface area contributed by atoms with Crippen LogP contribution in [0, 0.1) is 11.6 Å². The molecule has 0 fully saturated rings. The zero-order valence-corrected chi connectivity index (χ0v) is 22.8. The summed E-state index contributed by atoms with van der Waals surface area (Å²) < 4.78 is 30.4. The molecule has 0 aliphatic rings. The summed E-state index contributed by atoms with van der Waals surface area (Å²) in [6, 6.07) is 20.7. The predicted molar refractivity (Wildman–Crippen MR) is 147 cm³/mol. The van der Waals surface area contributed by atoms with Crippen LogP contribution in [0.2, 0.25) is 0 Å². The van der Waals surface area contributed by atoms with Gasteiger partial charge in [-0.25, -0.2) is 8.78 Å². The molecule has 2 aromatic carbocycles. The van der Waals surface area contributed by atoms with Crippen LogP contribution in [-0.4, -0.2) is 0 Å². The number of nitrogens with one attached hydrogen (secondary N) is 2. The van der Waals surface area contributed by atoms with Crippen LogP contribution in [0.25, 0.3) is 0 Å². The fourth-order valence-electron chi connectivity index (χ4n) is 3.74. The highest BCUT2D eigenvalue weighted by Gasteiger charge is 2.17. The molecular weight excluding hydrogens is 590 g/mol. The van der Waals surface area contributed by atoms with Gasteiger partial charge in [-0.05, 0) is 93.2 Å². The van der Waals surface area contributed by atoms with Gasteiger partial charge in [0.15, 0.2) is 24.8 Å². The van der Waals surface area contributed by atoms with Gasteiger partial charge in [-0.1, -0.05) is 0 Å². The van der Waals surface area contributed by atoms with Crippen molar-refractivity contribution in [3.05, 3.63) is 109 Å². The van der Waals surface area contributed by atoms with Crippen molar-refractivity contribution in [2.45, 2.75) is 35.6 Å². The van der Waals surface area contributed by atoms with Crippen molar-refractivity contribution in [1.82, 2.24) is 0 Å². The van der Waals surface area contributed by atoms with Gasteiger partial charge in [-0.3, -0.25) is 0 Å². The first-order chi connectivity index (χ1) is 17.5. The Morgan fingerprint density at radius 3 is 1.17 bits per heavy atom. The Morgan fingerprint density at radius 2 is 0.833 bits per heavy atom. The number of aromatic nitrogens is 2.